The molecular formula is C17H23ClN2O3S. The zero-order valence-corrected chi connectivity index (χ0v) is 15.5. The van der Waals surface area contributed by atoms with Gasteiger partial charge in [0.05, 0.1) is 11.9 Å². The van der Waals surface area contributed by atoms with E-state index in [0.29, 0.717) is 16.6 Å². The summed E-state index contributed by atoms with van der Waals surface area (Å²) in [5.41, 5.74) is 0.442. The van der Waals surface area contributed by atoms with E-state index in [1.54, 1.807) is 31.2 Å². The van der Waals surface area contributed by atoms with Gasteiger partial charge in [-0.2, -0.15) is 0 Å². The van der Waals surface area contributed by atoms with E-state index in [9.17, 15) is 13.2 Å². The summed E-state index contributed by atoms with van der Waals surface area (Å²) in [6.07, 6.45) is 5.74. The highest BCUT2D eigenvalue weighted by molar-refractivity contribution is 7.92. The lowest BCUT2D eigenvalue weighted by Crippen LogP contribution is -2.51. The van der Waals surface area contributed by atoms with Crippen molar-refractivity contribution in [2.24, 2.45) is 11.8 Å². The van der Waals surface area contributed by atoms with Gasteiger partial charge in [0.1, 0.15) is 6.04 Å². The second-order valence-corrected chi connectivity index (χ2v) is 9.30. The van der Waals surface area contributed by atoms with Crippen LogP contribution in [-0.2, 0) is 14.8 Å². The molecule has 1 aromatic carbocycles. The highest BCUT2D eigenvalue weighted by atomic mass is 35.5. The fraction of sp³-hybridized carbons (Fsp3) is 0.588. The minimum atomic E-state index is -3.59. The summed E-state index contributed by atoms with van der Waals surface area (Å²) < 4.78 is 25.6. The van der Waals surface area contributed by atoms with Crippen LogP contribution in [0.15, 0.2) is 24.3 Å². The van der Waals surface area contributed by atoms with Crippen molar-refractivity contribution in [3.05, 3.63) is 29.3 Å². The first kappa shape index (κ1) is 17.5. The Morgan fingerprint density at radius 1 is 1.25 bits per heavy atom. The van der Waals surface area contributed by atoms with Crippen molar-refractivity contribution >= 4 is 33.2 Å². The fourth-order valence-electron chi connectivity index (χ4n) is 4.12. The lowest BCUT2D eigenvalue weighted by Gasteiger charge is -2.31. The molecule has 2 saturated carbocycles. The molecule has 0 saturated heterocycles. The van der Waals surface area contributed by atoms with Crippen molar-refractivity contribution in [3.63, 3.8) is 0 Å². The number of benzene rings is 1. The van der Waals surface area contributed by atoms with Crippen LogP contribution in [0, 0.1) is 11.8 Å². The van der Waals surface area contributed by atoms with E-state index in [4.69, 9.17) is 11.6 Å². The predicted octanol–water partition coefficient (Wildman–Crippen LogP) is 2.80. The summed E-state index contributed by atoms with van der Waals surface area (Å²) in [6, 6.07) is 5.85. The second-order valence-electron chi connectivity index (χ2n) is 7.00. The smallest absolute Gasteiger partial charge is 0.243 e. The minimum absolute atomic E-state index is 0.185. The Morgan fingerprint density at radius 3 is 2.42 bits per heavy atom. The van der Waals surface area contributed by atoms with Crippen molar-refractivity contribution in [1.29, 1.82) is 0 Å². The van der Waals surface area contributed by atoms with E-state index in [-0.39, 0.29) is 11.9 Å². The van der Waals surface area contributed by atoms with Crippen LogP contribution in [0.5, 0.6) is 0 Å². The van der Waals surface area contributed by atoms with Crippen LogP contribution < -0.4 is 9.62 Å². The highest BCUT2D eigenvalue weighted by Crippen LogP contribution is 2.44. The maximum atomic E-state index is 12.7. The lowest BCUT2D eigenvalue weighted by molar-refractivity contribution is -0.122. The Kier molecular flexibility index (Phi) is 4.80. The number of rotatable bonds is 5. The summed E-state index contributed by atoms with van der Waals surface area (Å²) >= 11 is 5.87. The summed E-state index contributed by atoms with van der Waals surface area (Å²) in [6.45, 7) is 1.62. The van der Waals surface area contributed by atoms with Crippen LogP contribution in [0.2, 0.25) is 5.02 Å². The molecular weight excluding hydrogens is 348 g/mol. The number of carbonyl (C=O) groups excluding carboxylic acids is 1. The zero-order valence-electron chi connectivity index (χ0n) is 13.9. The Labute approximate surface area is 148 Å². The molecule has 0 spiro atoms. The Morgan fingerprint density at radius 2 is 1.92 bits per heavy atom. The van der Waals surface area contributed by atoms with E-state index >= 15 is 0 Å². The van der Waals surface area contributed by atoms with Gasteiger partial charge in [-0.3, -0.25) is 9.10 Å². The second kappa shape index (κ2) is 6.56. The number of nitrogens with zero attached hydrogens (tertiary/aromatic N) is 1. The molecule has 0 radical (unpaired) electrons. The molecule has 1 N–H and O–H groups in total. The number of sulfonamides is 1. The molecule has 0 aliphatic heterocycles. The van der Waals surface area contributed by atoms with Gasteiger partial charge in [-0.25, -0.2) is 8.42 Å². The van der Waals surface area contributed by atoms with Gasteiger partial charge in [-0.1, -0.05) is 18.0 Å². The van der Waals surface area contributed by atoms with Crippen LogP contribution in [0.4, 0.5) is 5.69 Å². The standard InChI is InChI=1S/C17H23ClN2O3S/c1-11(17(21)19-16-10-12-3-4-13(16)9-12)20(24(2,22)23)15-7-5-14(18)6-8-15/h5-8,11-13,16H,3-4,9-10H2,1-2H3,(H,19,21)/t11-,12-,13-,16-/m1/s1. The van der Waals surface area contributed by atoms with E-state index in [1.165, 1.54) is 12.8 Å². The maximum Gasteiger partial charge on any atom is 0.243 e. The Bertz CT molecular complexity index is 720. The van der Waals surface area contributed by atoms with Gasteiger partial charge in [-0.15, -0.1) is 0 Å². The SMILES string of the molecule is C[C@H](C(=O)N[C@@H]1C[C@@H]2CC[C@@H]1C2)N(c1ccc(Cl)cc1)S(C)(=O)=O. The topological polar surface area (TPSA) is 66.5 Å². The number of fused-ring (bicyclic) bond motifs is 2. The molecule has 0 aromatic heterocycles. The maximum absolute atomic E-state index is 12.7. The van der Waals surface area contributed by atoms with Crippen molar-refractivity contribution < 1.29 is 13.2 Å². The molecule has 2 fully saturated rings. The third-order valence-corrected chi connectivity index (χ3v) is 6.73. The first-order valence-corrected chi connectivity index (χ1v) is 10.5. The molecule has 2 aliphatic rings. The van der Waals surface area contributed by atoms with Gasteiger partial charge in [-0.05, 0) is 62.3 Å². The van der Waals surface area contributed by atoms with E-state index in [0.717, 1.165) is 29.3 Å². The number of carbonyl (C=O) groups is 1. The number of nitrogens with one attached hydrogen (secondary N) is 1. The summed E-state index contributed by atoms with van der Waals surface area (Å²) in [5, 5.41) is 3.59. The molecule has 5 nitrogen and oxygen atoms in total. The molecule has 4 atom stereocenters. The first-order chi connectivity index (χ1) is 11.3. The van der Waals surface area contributed by atoms with Crippen molar-refractivity contribution in [1.82, 2.24) is 5.32 Å². The third-order valence-electron chi connectivity index (χ3n) is 5.24. The van der Waals surface area contributed by atoms with Crippen LogP contribution in [-0.4, -0.2) is 32.7 Å². The fourth-order valence-corrected chi connectivity index (χ4v) is 5.42. The molecule has 0 heterocycles. The van der Waals surface area contributed by atoms with Crippen molar-refractivity contribution in [3.8, 4) is 0 Å². The molecule has 0 unspecified atom stereocenters. The highest BCUT2D eigenvalue weighted by Gasteiger charge is 2.41. The summed E-state index contributed by atoms with van der Waals surface area (Å²) in [5.74, 6) is 1.03. The largest absolute Gasteiger partial charge is 0.351 e. The van der Waals surface area contributed by atoms with E-state index in [2.05, 4.69) is 5.32 Å². The van der Waals surface area contributed by atoms with Gasteiger partial charge < -0.3 is 5.32 Å². The Balaban J connectivity index is 1.77. The van der Waals surface area contributed by atoms with Gasteiger partial charge in [0.15, 0.2) is 0 Å². The summed E-state index contributed by atoms with van der Waals surface area (Å²) in [4.78, 5) is 12.7. The van der Waals surface area contributed by atoms with Crippen LogP contribution in [0.1, 0.15) is 32.6 Å². The molecule has 1 amide bonds. The number of halogens is 1. The predicted molar refractivity (Wildman–Crippen MR) is 95.6 cm³/mol. The number of amides is 1. The van der Waals surface area contributed by atoms with Gasteiger partial charge >= 0.3 is 0 Å². The third kappa shape index (κ3) is 3.54. The van der Waals surface area contributed by atoms with Gasteiger partial charge in [0, 0.05) is 11.1 Å². The Hall–Kier alpha value is -1.27. The normalized spacial score (nSPS) is 27.0. The van der Waals surface area contributed by atoms with E-state index in [1.807, 2.05) is 0 Å². The van der Waals surface area contributed by atoms with Crippen LogP contribution in [0.25, 0.3) is 0 Å². The number of hydrogen-bond acceptors (Lipinski definition) is 3. The zero-order chi connectivity index (χ0) is 17.5. The van der Waals surface area contributed by atoms with Crippen molar-refractivity contribution in [2.75, 3.05) is 10.6 Å². The van der Waals surface area contributed by atoms with Crippen LogP contribution >= 0.6 is 11.6 Å². The average molecular weight is 371 g/mol. The molecule has 24 heavy (non-hydrogen) atoms. The van der Waals surface area contributed by atoms with Gasteiger partial charge in [0.2, 0.25) is 15.9 Å². The molecule has 132 valence electrons. The molecule has 3 rings (SSSR count). The average Bonchev–Trinajstić information content (AvgIpc) is 3.10. The quantitative estimate of drug-likeness (QED) is 0.866. The first-order valence-electron chi connectivity index (χ1n) is 8.31. The minimum Gasteiger partial charge on any atom is -0.351 e. The lowest BCUT2D eigenvalue weighted by atomic mass is 9.95. The monoisotopic (exact) mass is 370 g/mol. The van der Waals surface area contributed by atoms with Crippen molar-refractivity contribution in [2.45, 2.75) is 44.7 Å². The molecule has 2 bridgehead atoms. The number of hydrogen-bond donors (Lipinski definition) is 1. The van der Waals surface area contributed by atoms with E-state index < -0.39 is 16.1 Å². The van der Waals surface area contributed by atoms with Crippen LogP contribution in [0.3, 0.4) is 0 Å². The molecule has 1 aromatic rings. The number of anilines is 1. The molecule has 2 aliphatic carbocycles. The van der Waals surface area contributed by atoms with Gasteiger partial charge in [0.25, 0.3) is 0 Å². The summed E-state index contributed by atoms with van der Waals surface area (Å²) in [7, 11) is -3.59. The molecule has 7 heteroatoms.